The Morgan fingerprint density at radius 1 is 1.24 bits per heavy atom. The van der Waals surface area contributed by atoms with Gasteiger partial charge in [-0.05, 0) is 63.7 Å². The molecule has 1 aromatic heterocycles. The first-order valence-electron chi connectivity index (χ1n) is 10.2. The Morgan fingerprint density at radius 2 is 1.97 bits per heavy atom. The van der Waals surface area contributed by atoms with Crippen LogP contribution in [0.5, 0.6) is 0 Å². The van der Waals surface area contributed by atoms with Crippen LogP contribution in [0.15, 0.2) is 30.5 Å². The van der Waals surface area contributed by atoms with Crippen molar-refractivity contribution in [2.45, 2.75) is 38.8 Å². The van der Waals surface area contributed by atoms with Gasteiger partial charge in [-0.2, -0.15) is 13.2 Å². The van der Waals surface area contributed by atoms with Gasteiger partial charge in [0.25, 0.3) is 0 Å². The minimum absolute atomic E-state index is 0.0178. The van der Waals surface area contributed by atoms with Crippen LogP contribution in [0.1, 0.15) is 38.2 Å². The lowest BCUT2D eigenvalue weighted by Gasteiger charge is -2.34. The normalized spacial score (nSPS) is 16.0. The van der Waals surface area contributed by atoms with E-state index in [1.54, 1.807) is 12.1 Å². The van der Waals surface area contributed by atoms with E-state index < -0.39 is 11.7 Å². The summed E-state index contributed by atoms with van der Waals surface area (Å²) in [5.74, 6) is 0.366. The number of carbonyl (C=O) groups excluding carboxylic acids is 1. The van der Waals surface area contributed by atoms with Crippen LogP contribution in [0.4, 0.5) is 18.9 Å². The number of ketones is 1. The number of Topliss-reactive ketones (excluding diaryl/α,β-unsaturated/α-hetero) is 1. The first-order chi connectivity index (χ1) is 13.8. The van der Waals surface area contributed by atoms with Gasteiger partial charge in [0.2, 0.25) is 0 Å². The number of piperidine rings is 1. The van der Waals surface area contributed by atoms with E-state index in [0.717, 1.165) is 44.1 Å². The van der Waals surface area contributed by atoms with Crippen molar-refractivity contribution in [2.24, 2.45) is 5.92 Å². The average Bonchev–Trinajstić information content (AvgIpc) is 2.72. The highest BCUT2D eigenvalue weighted by Gasteiger charge is 2.34. The maximum atomic E-state index is 13.3. The molecule has 0 atom stereocenters. The molecule has 1 fully saturated rings. The van der Waals surface area contributed by atoms with Gasteiger partial charge in [0.15, 0.2) is 0 Å². The fraction of sp³-hybridized carbons (Fsp3) is 0.545. The molecule has 4 nitrogen and oxygen atoms in total. The Morgan fingerprint density at radius 3 is 2.62 bits per heavy atom. The molecule has 3 rings (SSSR count). The topological polar surface area (TPSA) is 36.4 Å². The maximum Gasteiger partial charge on any atom is 0.418 e. The zero-order chi connectivity index (χ0) is 21.0. The van der Waals surface area contributed by atoms with E-state index in [4.69, 9.17) is 0 Å². The van der Waals surface area contributed by atoms with Crippen molar-refractivity contribution in [3.05, 3.63) is 36.0 Å². The van der Waals surface area contributed by atoms with Crippen molar-refractivity contribution in [3.63, 3.8) is 0 Å². The van der Waals surface area contributed by atoms with Crippen molar-refractivity contribution in [3.8, 4) is 0 Å². The van der Waals surface area contributed by atoms with E-state index in [-0.39, 0.29) is 11.4 Å². The van der Waals surface area contributed by atoms with Crippen LogP contribution >= 0.6 is 0 Å². The van der Waals surface area contributed by atoms with Gasteiger partial charge in [-0.25, -0.2) is 0 Å². The van der Waals surface area contributed by atoms with E-state index in [0.29, 0.717) is 30.7 Å². The Labute approximate surface area is 169 Å². The lowest BCUT2D eigenvalue weighted by molar-refractivity contribution is -0.136. The van der Waals surface area contributed by atoms with Crippen LogP contribution in [-0.2, 0) is 11.0 Å². The number of halogens is 3. The molecule has 0 saturated carbocycles. The molecule has 0 amide bonds. The summed E-state index contributed by atoms with van der Waals surface area (Å²) in [6, 6.07) is 6.01. The monoisotopic (exact) mass is 407 g/mol. The number of rotatable bonds is 7. The Hall–Kier alpha value is -2.15. The maximum absolute atomic E-state index is 13.3. The van der Waals surface area contributed by atoms with Crippen LogP contribution in [0.2, 0.25) is 0 Å². The smallest absolute Gasteiger partial charge is 0.371 e. The molecule has 7 heteroatoms. The van der Waals surface area contributed by atoms with Crippen molar-refractivity contribution < 1.29 is 18.0 Å². The summed E-state index contributed by atoms with van der Waals surface area (Å²) in [4.78, 5) is 20.8. The van der Waals surface area contributed by atoms with Gasteiger partial charge in [-0.3, -0.25) is 9.78 Å². The molecular weight excluding hydrogens is 379 g/mol. The molecule has 0 radical (unpaired) electrons. The number of benzene rings is 1. The summed E-state index contributed by atoms with van der Waals surface area (Å²) in [5, 5.41) is 0.509. The third-order valence-corrected chi connectivity index (χ3v) is 5.85. The molecule has 1 saturated heterocycles. The first kappa shape index (κ1) is 21.6. The lowest BCUT2D eigenvalue weighted by atomic mass is 9.89. The van der Waals surface area contributed by atoms with Gasteiger partial charge in [-0.15, -0.1) is 0 Å². The fourth-order valence-electron chi connectivity index (χ4n) is 3.99. The van der Waals surface area contributed by atoms with Crippen molar-refractivity contribution in [1.29, 1.82) is 0 Å². The number of alkyl halides is 3. The second-order valence-electron chi connectivity index (χ2n) is 7.76. The minimum Gasteiger partial charge on any atom is -0.371 e. The average molecular weight is 407 g/mol. The zero-order valence-corrected chi connectivity index (χ0v) is 17.0. The van der Waals surface area contributed by atoms with Crippen LogP contribution in [0, 0.1) is 5.92 Å². The van der Waals surface area contributed by atoms with E-state index in [1.165, 1.54) is 12.3 Å². The summed E-state index contributed by atoms with van der Waals surface area (Å²) in [7, 11) is 2.05. The number of pyridine rings is 1. The second-order valence-corrected chi connectivity index (χ2v) is 7.76. The molecule has 0 N–H and O–H groups in total. The predicted octanol–water partition coefficient (Wildman–Crippen LogP) is 4.77. The van der Waals surface area contributed by atoms with Crippen LogP contribution in [0.25, 0.3) is 10.9 Å². The third-order valence-electron chi connectivity index (χ3n) is 5.85. The molecular formula is C22H28F3N3O. The molecule has 0 unspecified atom stereocenters. The van der Waals surface area contributed by atoms with Gasteiger partial charge in [-0.1, -0.05) is 6.92 Å². The number of hydrogen-bond acceptors (Lipinski definition) is 4. The van der Waals surface area contributed by atoms with Crippen molar-refractivity contribution >= 4 is 22.4 Å². The molecule has 1 aliphatic heterocycles. The van der Waals surface area contributed by atoms with Crippen LogP contribution in [-0.4, -0.2) is 48.9 Å². The predicted molar refractivity (Wildman–Crippen MR) is 109 cm³/mol. The van der Waals surface area contributed by atoms with Crippen LogP contribution in [0.3, 0.4) is 0 Å². The number of anilines is 1. The van der Waals surface area contributed by atoms with E-state index in [2.05, 4.69) is 21.7 Å². The van der Waals surface area contributed by atoms with Gasteiger partial charge in [0, 0.05) is 42.7 Å². The zero-order valence-electron chi connectivity index (χ0n) is 17.0. The summed E-state index contributed by atoms with van der Waals surface area (Å²) < 4.78 is 39.9. The first-order valence-corrected chi connectivity index (χ1v) is 10.2. The quantitative estimate of drug-likeness (QED) is 0.662. The SMILES string of the molecule is CCN(C)CCCC(=O)C1CCN(c2ccc(C(F)(F)F)c3ncccc23)CC1. The minimum atomic E-state index is -4.43. The standard InChI is InChI=1S/C22H28F3N3O/c1-3-27(2)13-5-7-20(29)16-10-14-28(15-11-16)19-9-8-18(22(23,24)25)21-17(19)6-4-12-26-21/h4,6,8-9,12,16H,3,5,7,10-11,13-15H2,1-2H3. The summed E-state index contributed by atoms with van der Waals surface area (Å²) >= 11 is 0. The number of hydrogen-bond donors (Lipinski definition) is 0. The molecule has 1 aromatic carbocycles. The van der Waals surface area contributed by atoms with Gasteiger partial charge < -0.3 is 9.80 Å². The van der Waals surface area contributed by atoms with Gasteiger partial charge in [0.05, 0.1) is 11.1 Å². The highest BCUT2D eigenvalue weighted by Crippen LogP contribution is 2.38. The Bertz CT molecular complexity index is 845. The Balaban J connectivity index is 1.67. The molecule has 0 aliphatic carbocycles. The summed E-state index contributed by atoms with van der Waals surface area (Å²) in [5.41, 5.74) is 0.0336. The van der Waals surface area contributed by atoms with E-state index in [9.17, 15) is 18.0 Å². The van der Waals surface area contributed by atoms with Gasteiger partial charge in [0.1, 0.15) is 5.78 Å². The fourth-order valence-corrected chi connectivity index (χ4v) is 3.99. The number of aromatic nitrogens is 1. The van der Waals surface area contributed by atoms with Crippen molar-refractivity contribution in [2.75, 3.05) is 38.1 Å². The number of carbonyl (C=O) groups is 1. The highest BCUT2D eigenvalue weighted by atomic mass is 19.4. The van der Waals surface area contributed by atoms with Gasteiger partial charge >= 0.3 is 6.18 Å². The highest BCUT2D eigenvalue weighted by molar-refractivity contribution is 5.94. The second kappa shape index (κ2) is 9.11. The molecule has 158 valence electrons. The molecule has 29 heavy (non-hydrogen) atoms. The largest absolute Gasteiger partial charge is 0.418 e. The number of fused-ring (bicyclic) bond motifs is 1. The van der Waals surface area contributed by atoms with Crippen molar-refractivity contribution in [1.82, 2.24) is 9.88 Å². The molecule has 0 bridgehead atoms. The lowest BCUT2D eigenvalue weighted by Crippen LogP contribution is -2.36. The van der Waals surface area contributed by atoms with E-state index in [1.807, 2.05) is 7.05 Å². The van der Waals surface area contributed by atoms with Crippen LogP contribution < -0.4 is 4.90 Å². The summed E-state index contributed by atoms with van der Waals surface area (Å²) in [6.07, 6.45) is -0.0875. The molecule has 0 spiro atoms. The summed E-state index contributed by atoms with van der Waals surface area (Å²) in [6.45, 7) is 5.33. The molecule has 2 heterocycles. The van der Waals surface area contributed by atoms with E-state index >= 15 is 0 Å². The Kier molecular flexibility index (Phi) is 6.77. The number of nitrogens with zero attached hydrogens (tertiary/aromatic N) is 3. The molecule has 2 aromatic rings. The third kappa shape index (κ3) is 5.07. The molecule has 1 aliphatic rings.